The van der Waals surface area contributed by atoms with Gasteiger partial charge in [0.25, 0.3) is 5.91 Å². The minimum atomic E-state index is -0.291. The number of rotatable bonds is 4. The maximum atomic E-state index is 12.5. The summed E-state index contributed by atoms with van der Waals surface area (Å²) in [5, 5.41) is 19.2. The molecule has 1 aliphatic rings. The summed E-state index contributed by atoms with van der Waals surface area (Å²) in [6.07, 6.45) is -0.234. The molecule has 2 aromatic rings. The molecule has 0 aliphatic carbocycles. The first-order valence-corrected chi connectivity index (χ1v) is 7.74. The molecule has 0 bridgehead atoms. The SMILES string of the molecule is O=C(c1ccc(O)cc1O)N1CCOC(COc2ccccc2)C1. The van der Waals surface area contributed by atoms with E-state index in [1.54, 1.807) is 4.90 Å². The number of aromatic hydroxyl groups is 2. The van der Waals surface area contributed by atoms with Gasteiger partial charge in [-0.05, 0) is 24.3 Å². The lowest BCUT2D eigenvalue weighted by Crippen LogP contribution is -2.47. The van der Waals surface area contributed by atoms with Gasteiger partial charge in [-0.3, -0.25) is 4.79 Å². The first kappa shape index (κ1) is 16.1. The zero-order valence-electron chi connectivity index (χ0n) is 13.1. The van der Waals surface area contributed by atoms with E-state index in [1.807, 2.05) is 30.3 Å². The molecule has 1 aliphatic heterocycles. The lowest BCUT2D eigenvalue weighted by atomic mass is 10.1. The van der Waals surface area contributed by atoms with Crippen molar-refractivity contribution in [1.82, 2.24) is 4.90 Å². The van der Waals surface area contributed by atoms with Crippen molar-refractivity contribution in [1.29, 1.82) is 0 Å². The summed E-state index contributed by atoms with van der Waals surface area (Å²) in [5.74, 6) is 0.144. The van der Waals surface area contributed by atoms with E-state index in [9.17, 15) is 15.0 Å². The van der Waals surface area contributed by atoms with Crippen molar-refractivity contribution < 1.29 is 24.5 Å². The Morgan fingerprint density at radius 1 is 1.21 bits per heavy atom. The van der Waals surface area contributed by atoms with Crippen LogP contribution in [0.25, 0.3) is 0 Å². The highest BCUT2D eigenvalue weighted by atomic mass is 16.5. The number of para-hydroxylation sites is 1. The zero-order valence-corrected chi connectivity index (χ0v) is 13.1. The molecule has 0 saturated carbocycles. The topological polar surface area (TPSA) is 79.2 Å². The van der Waals surface area contributed by atoms with Crippen molar-refractivity contribution in [2.75, 3.05) is 26.3 Å². The van der Waals surface area contributed by atoms with Gasteiger partial charge >= 0.3 is 0 Å². The minimum Gasteiger partial charge on any atom is -0.508 e. The number of amides is 1. The molecule has 6 heteroatoms. The van der Waals surface area contributed by atoms with Gasteiger partial charge in [-0.15, -0.1) is 0 Å². The van der Waals surface area contributed by atoms with Gasteiger partial charge in [0.05, 0.1) is 18.7 Å². The minimum absolute atomic E-state index is 0.0832. The van der Waals surface area contributed by atoms with Crippen LogP contribution in [0.5, 0.6) is 17.2 Å². The first-order valence-electron chi connectivity index (χ1n) is 7.74. The monoisotopic (exact) mass is 329 g/mol. The van der Waals surface area contributed by atoms with Crippen LogP contribution in [0.4, 0.5) is 0 Å². The van der Waals surface area contributed by atoms with Gasteiger partial charge < -0.3 is 24.6 Å². The number of phenolic OH excluding ortho intramolecular Hbond substituents is 2. The highest BCUT2D eigenvalue weighted by Crippen LogP contribution is 2.24. The van der Waals surface area contributed by atoms with Gasteiger partial charge in [0, 0.05) is 12.6 Å². The normalized spacial score (nSPS) is 17.5. The Balaban J connectivity index is 1.61. The number of hydrogen-bond acceptors (Lipinski definition) is 5. The Bertz CT molecular complexity index is 704. The molecule has 1 atom stereocenters. The van der Waals surface area contributed by atoms with Crippen molar-refractivity contribution in [3.05, 3.63) is 54.1 Å². The van der Waals surface area contributed by atoms with Crippen LogP contribution in [0.3, 0.4) is 0 Å². The van der Waals surface area contributed by atoms with Crippen molar-refractivity contribution in [3.63, 3.8) is 0 Å². The van der Waals surface area contributed by atoms with Gasteiger partial charge in [0.2, 0.25) is 0 Å². The van der Waals surface area contributed by atoms with Gasteiger partial charge in [-0.2, -0.15) is 0 Å². The number of carbonyl (C=O) groups excluding carboxylic acids is 1. The molecule has 2 N–H and O–H groups in total. The molecule has 0 aromatic heterocycles. The van der Waals surface area contributed by atoms with Crippen LogP contribution < -0.4 is 4.74 Å². The molecular weight excluding hydrogens is 310 g/mol. The molecule has 1 unspecified atom stereocenters. The summed E-state index contributed by atoms with van der Waals surface area (Å²) in [5.41, 5.74) is 0.164. The summed E-state index contributed by atoms with van der Waals surface area (Å²) in [7, 11) is 0. The summed E-state index contributed by atoms with van der Waals surface area (Å²) in [6, 6.07) is 13.4. The second-order valence-electron chi connectivity index (χ2n) is 5.57. The molecule has 1 heterocycles. The quantitative estimate of drug-likeness (QED) is 0.897. The third kappa shape index (κ3) is 3.78. The van der Waals surface area contributed by atoms with Crippen molar-refractivity contribution in [2.24, 2.45) is 0 Å². The Kier molecular flexibility index (Phi) is 4.86. The lowest BCUT2D eigenvalue weighted by molar-refractivity contribution is -0.0401. The summed E-state index contributed by atoms with van der Waals surface area (Å²) >= 11 is 0. The first-order chi connectivity index (χ1) is 11.6. The molecule has 6 nitrogen and oxygen atoms in total. The van der Waals surface area contributed by atoms with Crippen LogP contribution >= 0.6 is 0 Å². The molecule has 2 aromatic carbocycles. The predicted molar refractivity (Wildman–Crippen MR) is 87.4 cm³/mol. The largest absolute Gasteiger partial charge is 0.508 e. The maximum absolute atomic E-state index is 12.5. The average Bonchev–Trinajstić information content (AvgIpc) is 2.61. The predicted octanol–water partition coefficient (Wildman–Crippen LogP) is 2.02. The van der Waals surface area contributed by atoms with E-state index in [0.717, 1.165) is 11.8 Å². The molecule has 1 fully saturated rings. The van der Waals surface area contributed by atoms with E-state index in [4.69, 9.17) is 9.47 Å². The van der Waals surface area contributed by atoms with Crippen LogP contribution in [0.1, 0.15) is 10.4 Å². The number of ether oxygens (including phenoxy) is 2. The van der Waals surface area contributed by atoms with E-state index in [-0.39, 0.29) is 29.1 Å². The van der Waals surface area contributed by atoms with E-state index in [1.165, 1.54) is 12.1 Å². The van der Waals surface area contributed by atoms with Crippen LogP contribution in [0, 0.1) is 0 Å². The molecule has 3 rings (SSSR count). The summed E-state index contributed by atoms with van der Waals surface area (Å²) in [4.78, 5) is 14.2. The van der Waals surface area contributed by atoms with Gasteiger partial charge in [0.15, 0.2) is 0 Å². The Labute approximate surface area is 139 Å². The Morgan fingerprint density at radius 3 is 2.75 bits per heavy atom. The van der Waals surface area contributed by atoms with E-state index < -0.39 is 0 Å². The number of nitrogens with zero attached hydrogens (tertiary/aromatic N) is 1. The Hall–Kier alpha value is -2.73. The molecule has 1 saturated heterocycles. The number of benzene rings is 2. The second kappa shape index (κ2) is 7.23. The zero-order chi connectivity index (χ0) is 16.9. The van der Waals surface area contributed by atoms with Crippen molar-refractivity contribution in [3.8, 4) is 17.2 Å². The van der Waals surface area contributed by atoms with Crippen molar-refractivity contribution in [2.45, 2.75) is 6.10 Å². The molecule has 0 spiro atoms. The highest BCUT2D eigenvalue weighted by Gasteiger charge is 2.27. The number of carbonyl (C=O) groups is 1. The van der Waals surface area contributed by atoms with Gasteiger partial charge in [-0.25, -0.2) is 0 Å². The van der Waals surface area contributed by atoms with E-state index >= 15 is 0 Å². The van der Waals surface area contributed by atoms with Gasteiger partial charge in [0.1, 0.15) is 30.0 Å². The fourth-order valence-corrected chi connectivity index (χ4v) is 2.58. The summed E-state index contributed by atoms with van der Waals surface area (Å²) < 4.78 is 11.3. The third-order valence-corrected chi connectivity index (χ3v) is 3.82. The van der Waals surface area contributed by atoms with E-state index in [2.05, 4.69) is 0 Å². The molecular formula is C18H19NO5. The van der Waals surface area contributed by atoms with Crippen LogP contribution in [0.15, 0.2) is 48.5 Å². The molecule has 1 amide bonds. The average molecular weight is 329 g/mol. The molecule has 126 valence electrons. The van der Waals surface area contributed by atoms with Crippen LogP contribution in [-0.4, -0.2) is 53.4 Å². The van der Waals surface area contributed by atoms with Gasteiger partial charge in [-0.1, -0.05) is 18.2 Å². The standard InChI is InChI=1S/C18H19NO5/c20-13-6-7-16(17(21)10-13)18(22)19-8-9-23-15(11-19)12-24-14-4-2-1-3-5-14/h1-7,10,15,20-21H,8-9,11-12H2. The third-order valence-electron chi connectivity index (χ3n) is 3.82. The smallest absolute Gasteiger partial charge is 0.257 e. The Morgan fingerprint density at radius 2 is 2.00 bits per heavy atom. The second-order valence-corrected chi connectivity index (χ2v) is 5.57. The van der Waals surface area contributed by atoms with Crippen molar-refractivity contribution >= 4 is 5.91 Å². The molecule has 0 radical (unpaired) electrons. The number of morpholine rings is 1. The lowest BCUT2D eigenvalue weighted by Gasteiger charge is -2.33. The number of hydrogen-bond donors (Lipinski definition) is 2. The maximum Gasteiger partial charge on any atom is 0.257 e. The van der Waals surface area contributed by atoms with Crippen LogP contribution in [0.2, 0.25) is 0 Å². The molecule has 24 heavy (non-hydrogen) atoms. The number of phenols is 2. The fourth-order valence-electron chi connectivity index (χ4n) is 2.58. The highest BCUT2D eigenvalue weighted by molar-refractivity contribution is 5.97. The fraction of sp³-hybridized carbons (Fsp3) is 0.278. The summed E-state index contributed by atoms with van der Waals surface area (Å²) in [6.45, 7) is 1.58. The van der Waals surface area contributed by atoms with Crippen LogP contribution in [-0.2, 0) is 4.74 Å². The van der Waals surface area contributed by atoms with E-state index in [0.29, 0.717) is 26.3 Å².